The number of piperidine rings is 1. The molecule has 0 bridgehead atoms. The number of likely N-dealkylation sites (tertiary alicyclic amines) is 1. The van der Waals surface area contributed by atoms with Crippen molar-refractivity contribution in [2.75, 3.05) is 34.3 Å². The van der Waals surface area contributed by atoms with Gasteiger partial charge in [0.05, 0.1) is 7.11 Å². The van der Waals surface area contributed by atoms with Crippen LogP contribution in [0.2, 0.25) is 0 Å². The zero-order chi connectivity index (χ0) is 21.8. The van der Waals surface area contributed by atoms with Gasteiger partial charge in [0, 0.05) is 48.6 Å². The molecule has 2 N–H and O–H groups in total. The topological polar surface area (TPSA) is 58.1 Å². The number of benzene rings is 1. The van der Waals surface area contributed by atoms with E-state index >= 15 is 0 Å². The first-order valence-electron chi connectivity index (χ1n) is 11.1. The first-order valence-corrected chi connectivity index (χ1v) is 12.0. The average Bonchev–Trinajstić information content (AvgIpc) is 3.41. The summed E-state index contributed by atoms with van der Waals surface area (Å²) in [7, 11) is 5.79. The van der Waals surface area contributed by atoms with E-state index in [0.717, 1.165) is 42.5 Å². The Hall–Kier alpha value is -1.52. The number of thiophene rings is 1. The molecule has 6 nitrogen and oxygen atoms in total. The third-order valence-corrected chi connectivity index (χ3v) is 7.29. The highest BCUT2D eigenvalue weighted by molar-refractivity contribution is 14.0. The molecule has 3 atom stereocenters. The van der Waals surface area contributed by atoms with Crippen LogP contribution in [0.4, 0.5) is 0 Å². The molecule has 0 saturated carbocycles. The van der Waals surface area contributed by atoms with Crippen molar-refractivity contribution in [3.05, 3.63) is 45.6 Å². The maximum Gasteiger partial charge on any atom is 0.191 e. The second kappa shape index (κ2) is 11.6. The van der Waals surface area contributed by atoms with Gasteiger partial charge in [-0.05, 0) is 62.9 Å². The Morgan fingerprint density at radius 3 is 2.91 bits per heavy atom. The van der Waals surface area contributed by atoms with Crippen LogP contribution < -0.4 is 20.1 Å². The number of ether oxygens (including phenoxy) is 2. The molecule has 0 radical (unpaired) electrons. The Morgan fingerprint density at radius 1 is 1.34 bits per heavy atom. The highest BCUT2D eigenvalue weighted by Crippen LogP contribution is 2.37. The molecular formula is C24H35IN4O2S. The van der Waals surface area contributed by atoms with E-state index in [-0.39, 0.29) is 30.1 Å². The van der Waals surface area contributed by atoms with Crippen molar-refractivity contribution >= 4 is 41.3 Å². The third kappa shape index (κ3) is 5.69. The van der Waals surface area contributed by atoms with E-state index in [1.165, 1.54) is 23.3 Å². The molecule has 176 valence electrons. The van der Waals surface area contributed by atoms with Crippen molar-refractivity contribution in [1.82, 2.24) is 15.5 Å². The van der Waals surface area contributed by atoms with Crippen LogP contribution in [0.1, 0.15) is 41.8 Å². The van der Waals surface area contributed by atoms with E-state index < -0.39 is 0 Å². The first kappa shape index (κ1) is 25.1. The van der Waals surface area contributed by atoms with E-state index in [4.69, 9.17) is 9.47 Å². The SMILES string of the molecule is CN=C(NCc1cc2c(cc1OC)CC(C)O2)NCC1CCCN(C)C1c1cccs1.I. The minimum Gasteiger partial charge on any atom is -0.496 e. The number of hydrogen-bond acceptors (Lipinski definition) is 5. The number of hydrogen-bond donors (Lipinski definition) is 2. The zero-order valence-corrected chi connectivity index (χ0v) is 22.5. The van der Waals surface area contributed by atoms with Gasteiger partial charge >= 0.3 is 0 Å². The lowest BCUT2D eigenvalue weighted by atomic mass is 9.88. The van der Waals surface area contributed by atoms with Gasteiger partial charge in [-0.25, -0.2) is 0 Å². The molecule has 3 unspecified atom stereocenters. The summed E-state index contributed by atoms with van der Waals surface area (Å²) >= 11 is 1.86. The molecular weight excluding hydrogens is 535 g/mol. The zero-order valence-electron chi connectivity index (χ0n) is 19.4. The van der Waals surface area contributed by atoms with Gasteiger partial charge in [0.25, 0.3) is 0 Å². The van der Waals surface area contributed by atoms with Crippen molar-refractivity contribution in [2.24, 2.45) is 10.9 Å². The minimum atomic E-state index is 0. The number of nitrogens with zero attached hydrogens (tertiary/aromatic N) is 2. The fourth-order valence-corrected chi connectivity index (χ4v) is 5.80. The van der Waals surface area contributed by atoms with Gasteiger partial charge in [-0.1, -0.05) is 6.07 Å². The van der Waals surface area contributed by atoms with Crippen molar-refractivity contribution in [1.29, 1.82) is 0 Å². The van der Waals surface area contributed by atoms with Crippen molar-refractivity contribution in [3.8, 4) is 11.5 Å². The molecule has 2 aliphatic heterocycles. The lowest BCUT2D eigenvalue weighted by Gasteiger charge is -2.39. The molecule has 0 amide bonds. The van der Waals surface area contributed by atoms with Crippen molar-refractivity contribution in [3.63, 3.8) is 0 Å². The summed E-state index contributed by atoms with van der Waals surface area (Å²) in [5.41, 5.74) is 2.30. The summed E-state index contributed by atoms with van der Waals surface area (Å²) in [4.78, 5) is 8.39. The summed E-state index contributed by atoms with van der Waals surface area (Å²) in [6, 6.07) is 9.09. The van der Waals surface area contributed by atoms with E-state index in [2.05, 4.69) is 64.1 Å². The van der Waals surface area contributed by atoms with Gasteiger partial charge in [0.1, 0.15) is 17.6 Å². The Kier molecular flexibility index (Phi) is 9.07. The Morgan fingerprint density at radius 2 is 2.19 bits per heavy atom. The molecule has 0 aliphatic carbocycles. The standard InChI is InChI=1S/C24H34N4O2S.HI/c1-16-11-18-12-20(29-4)19(13-21(18)30-16)15-27-24(25-2)26-14-17-7-5-9-28(3)23(17)22-8-6-10-31-22;/h6,8,10,12-13,16-17,23H,5,7,9,11,14-15H2,1-4H3,(H2,25,26,27);1H. The molecule has 3 heterocycles. The van der Waals surface area contributed by atoms with Crippen LogP contribution in [0.5, 0.6) is 11.5 Å². The van der Waals surface area contributed by atoms with Crippen LogP contribution in [-0.4, -0.2) is 51.3 Å². The first-order chi connectivity index (χ1) is 15.1. The van der Waals surface area contributed by atoms with Crippen LogP contribution >= 0.6 is 35.3 Å². The molecule has 1 aromatic carbocycles. The van der Waals surface area contributed by atoms with Crippen molar-refractivity contribution in [2.45, 2.75) is 44.9 Å². The highest BCUT2D eigenvalue weighted by atomic mass is 127. The van der Waals surface area contributed by atoms with E-state index in [1.54, 1.807) is 7.11 Å². The number of nitrogens with one attached hydrogen (secondary N) is 2. The normalized spacial score (nSPS) is 23.1. The number of methoxy groups -OCH3 is 1. The molecule has 1 aromatic heterocycles. The van der Waals surface area contributed by atoms with E-state index in [9.17, 15) is 0 Å². The van der Waals surface area contributed by atoms with Gasteiger partial charge in [0.15, 0.2) is 5.96 Å². The van der Waals surface area contributed by atoms with E-state index in [1.807, 2.05) is 18.4 Å². The highest BCUT2D eigenvalue weighted by Gasteiger charge is 2.31. The largest absolute Gasteiger partial charge is 0.496 e. The fourth-order valence-electron chi connectivity index (χ4n) is 4.82. The summed E-state index contributed by atoms with van der Waals surface area (Å²) in [6.45, 7) is 4.79. The number of halogens is 1. The minimum absolute atomic E-state index is 0. The van der Waals surface area contributed by atoms with Gasteiger partial charge in [-0.2, -0.15) is 0 Å². The average molecular weight is 571 g/mol. The van der Waals surface area contributed by atoms with Crippen LogP contribution in [0.3, 0.4) is 0 Å². The third-order valence-electron chi connectivity index (χ3n) is 6.34. The predicted octanol–water partition coefficient (Wildman–Crippen LogP) is 4.45. The smallest absolute Gasteiger partial charge is 0.191 e. The molecule has 8 heteroatoms. The van der Waals surface area contributed by atoms with Crippen LogP contribution in [0.25, 0.3) is 0 Å². The monoisotopic (exact) mass is 570 g/mol. The Balaban J connectivity index is 0.00000289. The number of fused-ring (bicyclic) bond motifs is 1. The second-order valence-corrected chi connectivity index (χ2v) is 9.53. The summed E-state index contributed by atoms with van der Waals surface area (Å²) in [5, 5.41) is 9.20. The lowest BCUT2D eigenvalue weighted by Crippen LogP contribution is -2.44. The van der Waals surface area contributed by atoms with Gasteiger partial charge in [-0.3, -0.25) is 9.89 Å². The number of guanidine groups is 1. The second-order valence-electron chi connectivity index (χ2n) is 8.55. The molecule has 32 heavy (non-hydrogen) atoms. The fraction of sp³-hybridized carbons (Fsp3) is 0.542. The quantitative estimate of drug-likeness (QED) is 0.306. The van der Waals surface area contributed by atoms with Gasteiger partial charge < -0.3 is 20.1 Å². The Bertz CT molecular complexity index is 906. The van der Waals surface area contributed by atoms with Crippen LogP contribution in [-0.2, 0) is 13.0 Å². The van der Waals surface area contributed by atoms with E-state index in [0.29, 0.717) is 18.5 Å². The Labute approximate surface area is 212 Å². The van der Waals surface area contributed by atoms with Crippen LogP contribution in [0.15, 0.2) is 34.6 Å². The number of rotatable bonds is 6. The van der Waals surface area contributed by atoms with Crippen LogP contribution in [0, 0.1) is 5.92 Å². The van der Waals surface area contributed by atoms with Gasteiger partial charge in [0.2, 0.25) is 0 Å². The summed E-state index contributed by atoms with van der Waals surface area (Å²) in [6.07, 6.45) is 3.62. The maximum atomic E-state index is 5.93. The van der Waals surface area contributed by atoms with Gasteiger partial charge in [-0.15, -0.1) is 35.3 Å². The molecule has 1 saturated heterocycles. The maximum absolute atomic E-state index is 5.93. The lowest BCUT2D eigenvalue weighted by molar-refractivity contribution is 0.125. The summed E-state index contributed by atoms with van der Waals surface area (Å²) in [5.74, 6) is 3.23. The molecule has 0 spiro atoms. The van der Waals surface area contributed by atoms with Crippen molar-refractivity contribution < 1.29 is 9.47 Å². The molecule has 2 aromatic rings. The predicted molar refractivity (Wildman–Crippen MR) is 143 cm³/mol. The summed E-state index contributed by atoms with van der Waals surface area (Å²) < 4.78 is 11.6. The molecule has 2 aliphatic rings. The molecule has 1 fully saturated rings. The molecule has 4 rings (SSSR count). The number of aliphatic imine (C=N–C) groups is 1.